The molecule has 1 amide bonds. The lowest BCUT2D eigenvalue weighted by Crippen LogP contribution is -2.50. The van der Waals surface area contributed by atoms with Crippen molar-refractivity contribution in [2.75, 3.05) is 31.9 Å². The Hall–Kier alpha value is -2.66. The number of nitrogens with zero attached hydrogens (tertiary/aromatic N) is 4. The fourth-order valence-electron chi connectivity index (χ4n) is 2.58. The van der Waals surface area contributed by atoms with Crippen LogP contribution < -0.4 is 5.73 Å². The molecule has 0 bridgehead atoms. The molecule has 1 aliphatic heterocycles. The lowest BCUT2D eigenvalue weighted by atomic mass is 10.3. The van der Waals surface area contributed by atoms with Gasteiger partial charge in [-0.1, -0.05) is 0 Å². The number of nitrogens with two attached hydrogens (primary N) is 1. The standard InChI is InChI=1S/C15H15F2N5O3S/c16-11-2-1-10(9-12(11)17)26(24,25)22-7-5-21(6-8-22)15(23)13-14(18)20-4-3-19-13/h1-4,9H,5-8H2,(H2,18,20). The normalized spacial score (nSPS) is 15.8. The van der Waals surface area contributed by atoms with Crippen LogP contribution in [0.25, 0.3) is 0 Å². The van der Waals surface area contributed by atoms with Crippen molar-refractivity contribution in [1.29, 1.82) is 0 Å². The number of carbonyl (C=O) groups excluding carboxylic acids is 1. The summed E-state index contributed by atoms with van der Waals surface area (Å²) in [5.41, 5.74) is 5.64. The summed E-state index contributed by atoms with van der Waals surface area (Å²) in [6.07, 6.45) is 2.70. The molecule has 0 spiro atoms. The third-order valence-electron chi connectivity index (χ3n) is 3.98. The summed E-state index contributed by atoms with van der Waals surface area (Å²) in [7, 11) is -3.99. The first-order valence-electron chi connectivity index (χ1n) is 7.61. The van der Waals surface area contributed by atoms with Crippen molar-refractivity contribution in [3.63, 3.8) is 0 Å². The van der Waals surface area contributed by atoms with Crippen LogP contribution in [-0.4, -0.2) is 59.7 Å². The third-order valence-corrected chi connectivity index (χ3v) is 5.88. The molecule has 26 heavy (non-hydrogen) atoms. The molecular weight excluding hydrogens is 368 g/mol. The largest absolute Gasteiger partial charge is 0.382 e. The van der Waals surface area contributed by atoms with Crippen LogP contribution >= 0.6 is 0 Å². The average molecular weight is 383 g/mol. The second-order valence-electron chi connectivity index (χ2n) is 5.56. The number of hydrogen-bond acceptors (Lipinski definition) is 6. The molecule has 1 aromatic carbocycles. The van der Waals surface area contributed by atoms with Gasteiger partial charge in [0.2, 0.25) is 10.0 Å². The van der Waals surface area contributed by atoms with Crippen molar-refractivity contribution in [2.45, 2.75) is 4.90 Å². The van der Waals surface area contributed by atoms with E-state index in [1.54, 1.807) is 0 Å². The molecule has 2 N–H and O–H groups in total. The first-order chi connectivity index (χ1) is 12.3. The van der Waals surface area contributed by atoms with Crippen molar-refractivity contribution in [3.05, 3.63) is 47.9 Å². The van der Waals surface area contributed by atoms with Gasteiger partial charge in [-0.25, -0.2) is 27.2 Å². The van der Waals surface area contributed by atoms with E-state index in [9.17, 15) is 22.0 Å². The van der Waals surface area contributed by atoms with Gasteiger partial charge in [-0.15, -0.1) is 0 Å². The Morgan fingerprint density at radius 1 is 1.04 bits per heavy atom. The van der Waals surface area contributed by atoms with Gasteiger partial charge >= 0.3 is 0 Å². The number of aromatic nitrogens is 2. The number of amides is 1. The molecule has 1 saturated heterocycles. The van der Waals surface area contributed by atoms with Crippen LogP contribution in [0.1, 0.15) is 10.5 Å². The first kappa shape index (κ1) is 18.1. The molecule has 1 aromatic heterocycles. The van der Waals surface area contributed by atoms with Crippen molar-refractivity contribution < 1.29 is 22.0 Å². The predicted molar refractivity (Wildman–Crippen MR) is 87.5 cm³/mol. The van der Waals surface area contributed by atoms with Gasteiger partial charge in [0.15, 0.2) is 23.1 Å². The molecule has 138 valence electrons. The summed E-state index contributed by atoms with van der Waals surface area (Å²) in [6, 6.07) is 2.41. The molecule has 2 heterocycles. The highest BCUT2D eigenvalue weighted by atomic mass is 32.2. The van der Waals surface area contributed by atoms with E-state index in [2.05, 4.69) is 9.97 Å². The van der Waals surface area contributed by atoms with E-state index >= 15 is 0 Å². The van der Waals surface area contributed by atoms with Gasteiger partial charge in [-0.05, 0) is 18.2 Å². The van der Waals surface area contributed by atoms with Crippen LogP contribution in [0.3, 0.4) is 0 Å². The Kier molecular flexibility index (Phi) is 4.83. The Balaban J connectivity index is 1.72. The zero-order chi connectivity index (χ0) is 18.9. The molecule has 0 saturated carbocycles. The molecule has 3 rings (SSSR count). The van der Waals surface area contributed by atoms with E-state index in [0.29, 0.717) is 6.07 Å². The van der Waals surface area contributed by atoms with Crippen molar-refractivity contribution in [3.8, 4) is 0 Å². The first-order valence-corrected chi connectivity index (χ1v) is 9.05. The lowest BCUT2D eigenvalue weighted by molar-refractivity contribution is 0.0692. The Morgan fingerprint density at radius 2 is 1.69 bits per heavy atom. The van der Waals surface area contributed by atoms with E-state index < -0.39 is 27.6 Å². The zero-order valence-electron chi connectivity index (χ0n) is 13.5. The second-order valence-corrected chi connectivity index (χ2v) is 7.50. The third kappa shape index (κ3) is 3.35. The highest BCUT2D eigenvalue weighted by Gasteiger charge is 2.31. The second kappa shape index (κ2) is 6.92. The summed E-state index contributed by atoms with van der Waals surface area (Å²) in [5, 5.41) is 0. The summed E-state index contributed by atoms with van der Waals surface area (Å²) in [5.74, 6) is -2.81. The van der Waals surface area contributed by atoms with E-state index in [4.69, 9.17) is 5.73 Å². The van der Waals surface area contributed by atoms with Gasteiger partial charge in [-0.3, -0.25) is 4.79 Å². The minimum Gasteiger partial charge on any atom is -0.382 e. The number of nitrogen functional groups attached to an aromatic ring is 1. The SMILES string of the molecule is Nc1nccnc1C(=O)N1CCN(S(=O)(=O)c2ccc(F)c(F)c2)CC1. The zero-order valence-corrected chi connectivity index (χ0v) is 14.3. The van der Waals surface area contributed by atoms with Gasteiger partial charge in [0.1, 0.15) is 0 Å². The highest BCUT2D eigenvalue weighted by molar-refractivity contribution is 7.89. The quantitative estimate of drug-likeness (QED) is 0.826. The minimum atomic E-state index is -3.99. The maximum atomic E-state index is 13.3. The summed E-state index contributed by atoms with van der Waals surface area (Å²) < 4.78 is 52.5. The van der Waals surface area contributed by atoms with Crippen molar-refractivity contribution >= 4 is 21.7 Å². The van der Waals surface area contributed by atoms with Gasteiger partial charge in [0, 0.05) is 38.6 Å². The smallest absolute Gasteiger partial charge is 0.276 e. The molecule has 0 aliphatic carbocycles. The van der Waals surface area contributed by atoms with Crippen LogP contribution in [0, 0.1) is 11.6 Å². The molecule has 1 aliphatic rings. The number of carbonyl (C=O) groups is 1. The van der Waals surface area contributed by atoms with Crippen LogP contribution in [-0.2, 0) is 10.0 Å². The van der Waals surface area contributed by atoms with E-state index in [1.165, 1.54) is 17.3 Å². The number of rotatable bonds is 3. The maximum absolute atomic E-state index is 13.3. The number of halogens is 2. The highest BCUT2D eigenvalue weighted by Crippen LogP contribution is 2.20. The molecule has 11 heteroatoms. The fourth-order valence-corrected chi connectivity index (χ4v) is 4.02. The van der Waals surface area contributed by atoms with E-state index in [1.807, 2.05) is 0 Å². The van der Waals surface area contributed by atoms with Crippen molar-refractivity contribution in [2.24, 2.45) is 0 Å². The molecule has 0 radical (unpaired) electrons. The van der Waals surface area contributed by atoms with Crippen molar-refractivity contribution in [1.82, 2.24) is 19.2 Å². The van der Waals surface area contributed by atoms with E-state index in [-0.39, 0.29) is 42.6 Å². The van der Waals surface area contributed by atoms with Gasteiger partial charge in [-0.2, -0.15) is 4.31 Å². The topological polar surface area (TPSA) is 109 Å². The van der Waals surface area contributed by atoms with Crippen LogP contribution in [0.2, 0.25) is 0 Å². The molecule has 8 nitrogen and oxygen atoms in total. The maximum Gasteiger partial charge on any atom is 0.276 e. The monoisotopic (exact) mass is 383 g/mol. The fraction of sp³-hybridized carbons (Fsp3) is 0.267. The molecule has 0 unspecified atom stereocenters. The van der Waals surface area contributed by atoms with E-state index in [0.717, 1.165) is 16.4 Å². The number of hydrogen-bond donors (Lipinski definition) is 1. The Labute approximate surface area is 148 Å². The minimum absolute atomic E-state index is 0.00409. The number of anilines is 1. The summed E-state index contributed by atoms with van der Waals surface area (Å²) in [4.78, 5) is 21.2. The molecule has 1 fully saturated rings. The van der Waals surface area contributed by atoms with Gasteiger partial charge < -0.3 is 10.6 Å². The van der Waals surface area contributed by atoms with Gasteiger partial charge in [0.25, 0.3) is 5.91 Å². The molecular formula is C15H15F2N5O3S. The number of sulfonamides is 1. The number of benzene rings is 1. The summed E-state index contributed by atoms with van der Waals surface area (Å²) in [6.45, 7) is 0.232. The Morgan fingerprint density at radius 3 is 2.31 bits per heavy atom. The summed E-state index contributed by atoms with van der Waals surface area (Å²) >= 11 is 0. The molecule has 2 aromatic rings. The lowest BCUT2D eigenvalue weighted by Gasteiger charge is -2.33. The molecule has 0 atom stereocenters. The van der Waals surface area contributed by atoms with Crippen LogP contribution in [0.5, 0.6) is 0 Å². The average Bonchev–Trinajstić information content (AvgIpc) is 2.64. The number of piperazine rings is 1. The van der Waals surface area contributed by atoms with Crippen LogP contribution in [0.4, 0.5) is 14.6 Å². The van der Waals surface area contributed by atoms with Crippen LogP contribution in [0.15, 0.2) is 35.5 Å². The Bertz CT molecular complexity index is 946. The van der Waals surface area contributed by atoms with Gasteiger partial charge in [0.05, 0.1) is 4.90 Å². The predicted octanol–water partition coefficient (Wildman–Crippen LogP) is 0.484.